The zero-order chi connectivity index (χ0) is 38.0. The largest absolute Gasteiger partial charge is 0.481 e. The van der Waals surface area contributed by atoms with Crippen LogP contribution in [0.2, 0.25) is 10.0 Å². The van der Waals surface area contributed by atoms with Gasteiger partial charge in [-0.25, -0.2) is 9.59 Å². The van der Waals surface area contributed by atoms with Crippen LogP contribution in [-0.2, 0) is 20.9 Å². The van der Waals surface area contributed by atoms with E-state index in [9.17, 15) is 24.0 Å². The maximum Gasteiger partial charge on any atom is 0.336 e. The second-order valence-corrected chi connectivity index (χ2v) is 13.8. The number of halogens is 2. The predicted molar refractivity (Wildman–Crippen MR) is 195 cm³/mol. The number of hydrogen-bond donors (Lipinski definition) is 5. The molecule has 15 heteroatoms. The molecule has 0 unspecified atom stereocenters. The van der Waals surface area contributed by atoms with Crippen LogP contribution in [0.4, 0.5) is 10.5 Å². The van der Waals surface area contributed by atoms with Crippen LogP contribution in [0, 0.1) is 0 Å². The molecule has 2 aliphatic heterocycles. The number of carbonyl (C=O) groups excluding carboxylic acids is 2. The number of carbonyl (C=O) groups is 5. The van der Waals surface area contributed by atoms with Crippen LogP contribution in [0.25, 0.3) is 0 Å². The number of carboxylic acid groups (broad SMARTS) is 3. The lowest BCUT2D eigenvalue weighted by Gasteiger charge is -2.41. The van der Waals surface area contributed by atoms with E-state index in [2.05, 4.69) is 16.3 Å². The molecule has 5 N–H and O–H groups in total. The van der Waals surface area contributed by atoms with E-state index < -0.39 is 36.4 Å². The van der Waals surface area contributed by atoms with Crippen LogP contribution in [-0.4, -0.2) is 110 Å². The first-order valence-corrected chi connectivity index (χ1v) is 17.4. The van der Waals surface area contributed by atoms with Crippen molar-refractivity contribution in [1.82, 2.24) is 14.7 Å². The molecule has 5 rings (SSSR count). The minimum atomic E-state index is -2.74. The molecular formula is C37H42Cl2N4O9. The Balaban J connectivity index is 0.000000398. The summed E-state index contributed by atoms with van der Waals surface area (Å²) in [6.45, 7) is 4.01. The number of urea groups is 1. The molecule has 3 amide bonds. The monoisotopic (exact) mass is 756 g/mol. The van der Waals surface area contributed by atoms with Crippen molar-refractivity contribution >= 4 is 58.7 Å². The standard InChI is InChI=1S/C31H34Cl2N4O2.C6H8O7/c1-35(30(38)22-7-3-2-4-8-22)20-24(23-11-12-27(32)28(33)19-23)13-16-36-17-14-26(15-18-36)37-21-25-9-5-6-10-29(25)34-31(37)39;7-3(8)1-6(13,5(11)12)2-4(9)10/h2-12,19,24,26H,13-18,20-21H2,1H3,(H,34,39);13H,1-2H2,(H,7,8)(H,9,10)(H,11,12)/t24-;/m1./s1. The minimum Gasteiger partial charge on any atom is -0.481 e. The van der Waals surface area contributed by atoms with Gasteiger partial charge in [-0.05, 0) is 67.3 Å². The minimum absolute atomic E-state index is 0.00190. The number of amides is 3. The number of benzene rings is 3. The van der Waals surface area contributed by atoms with Crippen LogP contribution in [0.1, 0.15) is 59.5 Å². The summed E-state index contributed by atoms with van der Waals surface area (Å²) in [5.74, 6) is -4.91. The van der Waals surface area contributed by atoms with Gasteiger partial charge in [0.15, 0.2) is 5.60 Å². The summed E-state index contributed by atoms with van der Waals surface area (Å²) < 4.78 is 0. The van der Waals surface area contributed by atoms with Gasteiger partial charge in [0.2, 0.25) is 0 Å². The number of rotatable bonds is 13. The van der Waals surface area contributed by atoms with Gasteiger partial charge in [0.1, 0.15) is 0 Å². The number of aliphatic carboxylic acids is 3. The van der Waals surface area contributed by atoms with Crippen LogP contribution < -0.4 is 5.32 Å². The van der Waals surface area contributed by atoms with Crippen LogP contribution in [0.5, 0.6) is 0 Å². The predicted octanol–water partition coefficient (Wildman–Crippen LogP) is 5.50. The maximum absolute atomic E-state index is 13.1. The second kappa shape index (κ2) is 18.2. The van der Waals surface area contributed by atoms with Gasteiger partial charge in [-0.15, -0.1) is 0 Å². The molecule has 52 heavy (non-hydrogen) atoms. The van der Waals surface area contributed by atoms with Gasteiger partial charge in [-0.3, -0.25) is 14.4 Å². The van der Waals surface area contributed by atoms with Crippen molar-refractivity contribution in [2.45, 2.75) is 56.2 Å². The third-order valence-electron chi connectivity index (χ3n) is 9.21. The summed E-state index contributed by atoms with van der Waals surface area (Å²) in [6, 6.07) is 23.4. The van der Waals surface area contributed by atoms with E-state index >= 15 is 0 Å². The van der Waals surface area contributed by atoms with Crippen molar-refractivity contribution in [1.29, 1.82) is 0 Å². The Morgan fingerprint density at radius 1 is 0.904 bits per heavy atom. The van der Waals surface area contributed by atoms with Gasteiger partial charge in [0.25, 0.3) is 5.91 Å². The molecule has 13 nitrogen and oxygen atoms in total. The van der Waals surface area contributed by atoms with Gasteiger partial charge in [-0.2, -0.15) is 0 Å². The Morgan fingerprint density at radius 3 is 2.12 bits per heavy atom. The van der Waals surface area contributed by atoms with E-state index in [0.717, 1.165) is 55.7 Å². The van der Waals surface area contributed by atoms with E-state index in [0.29, 0.717) is 28.7 Å². The number of likely N-dealkylation sites (N-methyl/N-ethyl adjacent to an activating group) is 1. The molecule has 0 bridgehead atoms. The van der Waals surface area contributed by atoms with Gasteiger partial charge < -0.3 is 40.4 Å². The van der Waals surface area contributed by atoms with E-state index in [4.69, 9.17) is 43.6 Å². The van der Waals surface area contributed by atoms with Crippen LogP contribution >= 0.6 is 23.2 Å². The summed E-state index contributed by atoms with van der Waals surface area (Å²) in [7, 11) is 1.85. The van der Waals surface area contributed by atoms with E-state index in [1.807, 2.05) is 78.7 Å². The number of carboxylic acids is 3. The topological polar surface area (TPSA) is 188 Å². The molecule has 3 aromatic rings. The average molecular weight is 758 g/mol. The van der Waals surface area contributed by atoms with Crippen molar-refractivity contribution in [3.05, 3.63) is 99.5 Å². The number of anilines is 1. The van der Waals surface area contributed by atoms with Gasteiger partial charge >= 0.3 is 23.9 Å². The molecule has 278 valence electrons. The summed E-state index contributed by atoms with van der Waals surface area (Å²) in [6.07, 6.45) is 0.481. The SMILES string of the molecule is CN(C[C@@H](CCN1CCC(N2Cc3ccccc3NC2=O)CC1)c1ccc(Cl)c(Cl)c1)C(=O)c1ccccc1.O=C(O)CC(O)(CC(=O)O)C(=O)O. The van der Waals surface area contributed by atoms with E-state index in [-0.39, 0.29) is 23.9 Å². The van der Waals surface area contributed by atoms with Crippen LogP contribution in [0.15, 0.2) is 72.8 Å². The number of hydrogen-bond acceptors (Lipinski definition) is 7. The summed E-state index contributed by atoms with van der Waals surface area (Å²) in [4.78, 5) is 62.6. The zero-order valence-corrected chi connectivity index (χ0v) is 30.1. The number of para-hydroxylation sites is 1. The number of fused-ring (bicyclic) bond motifs is 1. The molecule has 1 saturated heterocycles. The Morgan fingerprint density at radius 2 is 1.52 bits per heavy atom. The zero-order valence-electron chi connectivity index (χ0n) is 28.6. The summed E-state index contributed by atoms with van der Waals surface area (Å²) in [5, 5.41) is 37.9. The van der Waals surface area contributed by atoms with Crippen molar-refractivity contribution in [3.63, 3.8) is 0 Å². The molecule has 0 spiro atoms. The Bertz CT molecular complexity index is 1740. The second-order valence-electron chi connectivity index (χ2n) is 13.0. The van der Waals surface area contributed by atoms with Gasteiger partial charge in [0, 0.05) is 56.4 Å². The molecule has 2 aliphatic rings. The summed E-state index contributed by atoms with van der Waals surface area (Å²) >= 11 is 12.6. The first kappa shape index (κ1) is 40.1. The number of likely N-dealkylation sites (tertiary alicyclic amines) is 1. The molecule has 0 radical (unpaired) electrons. The maximum atomic E-state index is 13.1. The van der Waals surface area contributed by atoms with Crippen molar-refractivity contribution < 1.29 is 44.4 Å². The summed E-state index contributed by atoms with van der Waals surface area (Å²) in [5.41, 5.74) is 1.10. The highest BCUT2D eigenvalue weighted by Crippen LogP contribution is 2.31. The number of aliphatic hydroxyl groups is 1. The first-order valence-electron chi connectivity index (χ1n) is 16.7. The number of piperidine rings is 1. The molecule has 0 aliphatic carbocycles. The lowest BCUT2D eigenvalue weighted by Crippen LogP contribution is -2.50. The lowest BCUT2D eigenvalue weighted by atomic mass is 9.93. The Labute approximate surface area is 311 Å². The fourth-order valence-electron chi connectivity index (χ4n) is 6.37. The molecular weight excluding hydrogens is 715 g/mol. The van der Waals surface area contributed by atoms with Crippen molar-refractivity contribution in [2.75, 3.05) is 38.5 Å². The molecule has 1 atom stereocenters. The smallest absolute Gasteiger partial charge is 0.336 e. The average Bonchev–Trinajstić information content (AvgIpc) is 3.10. The normalized spacial score (nSPS) is 15.4. The highest BCUT2D eigenvalue weighted by molar-refractivity contribution is 6.42. The fraction of sp³-hybridized carbons (Fsp3) is 0.378. The fourth-order valence-corrected chi connectivity index (χ4v) is 6.68. The number of nitrogens with one attached hydrogen (secondary N) is 1. The first-order chi connectivity index (χ1) is 24.7. The third-order valence-corrected chi connectivity index (χ3v) is 9.95. The van der Waals surface area contributed by atoms with E-state index in [1.54, 1.807) is 4.90 Å². The van der Waals surface area contributed by atoms with Crippen LogP contribution in [0.3, 0.4) is 0 Å². The van der Waals surface area contributed by atoms with E-state index in [1.165, 1.54) is 0 Å². The van der Waals surface area contributed by atoms with Gasteiger partial charge in [-0.1, -0.05) is 65.7 Å². The Kier molecular flexibility index (Phi) is 14.0. The quantitative estimate of drug-likeness (QED) is 0.149. The Hall–Kier alpha value is -4.69. The highest BCUT2D eigenvalue weighted by atomic mass is 35.5. The lowest BCUT2D eigenvalue weighted by molar-refractivity contribution is -0.170. The molecule has 0 aromatic heterocycles. The van der Waals surface area contributed by atoms with Crippen molar-refractivity contribution in [2.24, 2.45) is 0 Å². The molecule has 2 heterocycles. The molecule has 1 fully saturated rings. The van der Waals surface area contributed by atoms with Gasteiger partial charge in [0.05, 0.1) is 22.9 Å². The molecule has 0 saturated carbocycles. The number of nitrogens with zero attached hydrogens (tertiary/aromatic N) is 3. The third kappa shape index (κ3) is 10.9. The molecule has 3 aromatic carbocycles. The van der Waals surface area contributed by atoms with Crippen molar-refractivity contribution in [3.8, 4) is 0 Å². The highest BCUT2D eigenvalue weighted by Gasteiger charge is 2.41.